The van der Waals surface area contributed by atoms with Gasteiger partial charge in [0, 0.05) is 33.9 Å². The van der Waals surface area contributed by atoms with Crippen LogP contribution in [-0.2, 0) is 0 Å². The number of aromatic amines is 2. The number of nitrogens with one attached hydrogen (secondary N) is 3. The third-order valence-electron chi connectivity index (χ3n) is 4.46. The van der Waals surface area contributed by atoms with Crippen molar-refractivity contribution in [3.63, 3.8) is 0 Å². The first-order valence-electron chi connectivity index (χ1n) is 8.32. The number of hydrogen-bond donors (Lipinski definition) is 5. The molecule has 0 atom stereocenters. The van der Waals surface area contributed by atoms with Crippen LogP contribution in [0.4, 0.5) is 5.69 Å². The first-order chi connectivity index (χ1) is 13.1. The van der Waals surface area contributed by atoms with Gasteiger partial charge >= 0.3 is 0 Å². The largest absolute Gasteiger partial charge is 0.494 e. The first kappa shape index (κ1) is 16.8. The van der Waals surface area contributed by atoms with Gasteiger partial charge < -0.3 is 25.5 Å². The number of carbonyl (C=O) groups excluding carboxylic acids is 1. The maximum absolute atomic E-state index is 12.2. The van der Waals surface area contributed by atoms with Crippen LogP contribution in [0.3, 0.4) is 0 Å². The van der Waals surface area contributed by atoms with Gasteiger partial charge in [-0.05, 0) is 29.4 Å². The molecule has 0 bridgehead atoms. The highest BCUT2D eigenvalue weighted by Gasteiger charge is 2.21. The van der Waals surface area contributed by atoms with Gasteiger partial charge in [0.2, 0.25) is 0 Å². The number of rotatable bonds is 5. The zero-order valence-electron chi connectivity index (χ0n) is 14.1. The van der Waals surface area contributed by atoms with Crippen LogP contribution in [0.25, 0.3) is 33.1 Å². The van der Waals surface area contributed by atoms with E-state index in [1.54, 1.807) is 30.3 Å². The number of nitrogens with zero attached hydrogens (tertiary/aromatic N) is 1. The Hall–Kier alpha value is -3.65. The van der Waals surface area contributed by atoms with Crippen molar-refractivity contribution < 1.29 is 15.0 Å². The van der Waals surface area contributed by atoms with Crippen molar-refractivity contribution in [1.82, 2.24) is 15.3 Å². The van der Waals surface area contributed by atoms with Gasteiger partial charge in [0.05, 0.1) is 17.9 Å². The summed E-state index contributed by atoms with van der Waals surface area (Å²) < 4.78 is 0. The summed E-state index contributed by atoms with van der Waals surface area (Å²) in [6.45, 7) is -0.0169. The third-order valence-corrected chi connectivity index (χ3v) is 4.46. The zero-order valence-corrected chi connectivity index (χ0v) is 14.1. The summed E-state index contributed by atoms with van der Waals surface area (Å²) in [4.78, 5) is 29.7. The third kappa shape index (κ3) is 2.72. The summed E-state index contributed by atoms with van der Waals surface area (Å²) in [5.74, 6) is -0.475. The predicted octanol–water partition coefficient (Wildman–Crippen LogP) is 3.14. The molecule has 2 aromatic heterocycles. The molecule has 0 aliphatic rings. The van der Waals surface area contributed by atoms with Gasteiger partial charge in [-0.15, -0.1) is 4.91 Å². The molecule has 0 saturated carbocycles. The van der Waals surface area contributed by atoms with E-state index in [-0.39, 0.29) is 30.6 Å². The summed E-state index contributed by atoms with van der Waals surface area (Å²) in [6.07, 6.45) is 0. The van der Waals surface area contributed by atoms with Gasteiger partial charge in [-0.25, -0.2) is 0 Å². The van der Waals surface area contributed by atoms with Crippen molar-refractivity contribution in [2.45, 2.75) is 0 Å². The molecule has 0 aliphatic carbocycles. The molecule has 27 heavy (non-hydrogen) atoms. The standard InChI is InChI=1S/C19H16N4O4/c24-8-7-20-18(25)10-5-6-14-12(9-10)15(19(26)22-14)17-16(23-27)11-3-1-2-4-13(11)21-17/h1-6,9,21-22,24,26H,7-8H2,(H,20,25). The molecule has 4 rings (SSSR count). The van der Waals surface area contributed by atoms with Crippen molar-refractivity contribution in [1.29, 1.82) is 0 Å². The van der Waals surface area contributed by atoms with Crippen LogP contribution in [0.15, 0.2) is 47.6 Å². The maximum Gasteiger partial charge on any atom is 0.251 e. The zero-order chi connectivity index (χ0) is 19.0. The van der Waals surface area contributed by atoms with E-state index in [9.17, 15) is 14.8 Å². The van der Waals surface area contributed by atoms with E-state index >= 15 is 0 Å². The van der Waals surface area contributed by atoms with E-state index in [1.165, 1.54) is 0 Å². The number of fused-ring (bicyclic) bond motifs is 2. The summed E-state index contributed by atoms with van der Waals surface area (Å²) in [5.41, 5.74) is 2.63. The average Bonchev–Trinajstić information content (AvgIpc) is 3.21. The number of para-hydroxylation sites is 1. The topological polar surface area (TPSA) is 131 Å². The number of aliphatic hydroxyl groups is 1. The van der Waals surface area contributed by atoms with Crippen LogP contribution in [0.5, 0.6) is 5.88 Å². The van der Waals surface area contributed by atoms with Crippen molar-refractivity contribution in [2.24, 2.45) is 5.18 Å². The second-order valence-electron chi connectivity index (χ2n) is 6.07. The second-order valence-corrected chi connectivity index (χ2v) is 6.07. The van der Waals surface area contributed by atoms with Crippen LogP contribution in [0.1, 0.15) is 10.4 Å². The molecule has 0 saturated heterocycles. The summed E-state index contributed by atoms with van der Waals surface area (Å²) in [5, 5.41) is 26.3. The Morgan fingerprint density at radius 1 is 1.07 bits per heavy atom. The predicted molar refractivity (Wildman–Crippen MR) is 102 cm³/mol. The average molecular weight is 364 g/mol. The van der Waals surface area contributed by atoms with Gasteiger partial charge in [0.15, 0.2) is 5.88 Å². The summed E-state index contributed by atoms with van der Waals surface area (Å²) >= 11 is 0. The van der Waals surface area contributed by atoms with Gasteiger partial charge in [-0.3, -0.25) is 4.79 Å². The second kappa shape index (κ2) is 6.58. The van der Waals surface area contributed by atoms with Crippen molar-refractivity contribution in [3.8, 4) is 17.1 Å². The molecule has 4 aromatic rings. The van der Waals surface area contributed by atoms with E-state index in [4.69, 9.17) is 5.11 Å². The first-order valence-corrected chi connectivity index (χ1v) is 8.32. The molecule has 0 unspecified atom stereocenters. The van der Waals surface area contributed by atoms with Crippen molar-refractivity contribution in [2.75, 3.05) is 13.2 Å². The molecular weight excluding hydrogens is 348 g/mol. The number of benzene rings is 2. The quantitative estimate of drug-likeness (QED) is 0.348. The minimum atomic E-state index is -0.344. The Morgan fingerprint density at radius 3 is 2.63 bits per heavy atom. The normalized spacial score (nSPS) is 11.1. The Kier molecular flexibility index (Phi) is 4.09. The Bertz CT molecular complexity index is 1180. The van der Waals surface area contributed by atoms with Crippen LogP contribution in [-0.4, -0.2) is 39.2 Å². The van der Waals surface area contributed by atoms with E-state index in [0.29, 0.717) is 38.6 Å². The monoisotopic (exact) mass is 364 g/mol. The minimum absolute atomic E-state index is 0.130. The molecule has 0 aliphatic heterocycles. The highest BCUT2D eigenvalue weighted by atomic mass is 16.3. The van der Waals surface area contributed by atoms with Crippen LogP contribution < -0.4 is 5.32 Å². The summed E-state index contributed by atoms with van der Waals surface area (Å²) in [6, 6.07) is 12.1. The minimum Gasteiger partial charge on any atom is -0.494 e. The summed E-state index contributed by atoms with van der Waals surface area (Å²) in [7, 11) is 0. The molecule has 0 radical (unpaired) electrons. The molecule has 2 heterocycles. The number of aromatic nitrogens is 2. The van der Waals surface area contributed by atoms with E-state index in [2.05, 4.69) is 20.5 Å². The van der Waals surface area contributed by atoms with Crippen LogP contribution in [0, 0.1) is 4.91 Å². The van der Waals surface area contributed by atoms with Gasteiger partial charge in [0.1, 0.15) is 5.69 Å². The molecule has 0 spiro atoms. The smallest absolute Gasteiger partial charge is 0.251 e. The highest BCUT2D eigenvalue weighted by Crippen LogP contribution is 2.44. The molecule has 8 nitrogen and oxygen atoms in total. The molecular formula is C19H16N4O4. The molecule has 0 fully saturated rings. The number of aliphatic hydroxyl groups excluding tert-OH is 1. The lowest BCUT2D eigenvalue weighted by atomic mass is 10.1. The fraction of sp³-hybridized carbons (Fsp3) is 0.105. The molecule has 1 amide bonds. The fourth-order valence-electron chi connectivity index (χ4n) is 3.25. The number of nitroso groups, excluding NO2 is 1. The van der Waals surface area contributed by atoms with Crippen molar-refractivity contribution in [3.05, 3.63) is 52.9 Å². The lowest BCUT2D eigenvalue weighted by molar-refractivity contribution is 0.0945. The Morgan fingerprint density at radius 2 is 1.85 bits per heavy atom. The van der Waals surface area contributed by atoms with E-state index in [0.717, 1.165) is 0 Å². The number of amides is 1. The molecule has 136 valence electrons. The molecule has 8 heteroatoms. The number of hydrogen-bond acceptors (Lipinski definition) is 5. The Labute approximate surface area is 152 Å². The lowest BCUT2D eigenvalue weighted by Gasteiger charge is -2.04. The molecule has 5 N–H and O–H groups in total. The van der Waals surface area contributed by atoms with Crippen molar-refractivity contribution >= 4 is 33.4 Å². The lowest BCUT2D eigenvalue weighted by Crippen LogP contribution is -2.26. The van der Waals surface area contributed by atoms with E-state index < -0.39 is 0 Å². The van der Waals surface area contributed by atoms with E-state index in [1.807, 2.05) is 12.1 Å². The van der Waals surface area contributed by atoms with Crippen LogP contribution >= 0.6 is 0 Å². The SMILES string of the molecule is O=Nc1c(-c2c(O)[nH]c3ccc(C(=O)NCCO)cc23)[nH]c2ccccc12. The maximum atomic E-state index is 12.2. The fourth-order valence-corrected chi connectivity index (χ4v) is 3.25. The number of aromatic hydroxyl groups is 1. The van der Waals surface area contributed by atoms with Crippen LogP contribution in [0.2, 0.25) is 0 Å². The van der Waals surface area contributed by atoms with Gasteiger partial charge in [0.25, 0.3) is 5.91 Å². The van der Waals surface area contributed by atoms with Gasteiger partial charge in [-0.2, -0.15) is 0 Å². The van der Waals surface area contributed by atoms with Gasteiger partial charge in [-0.1, -0.05) is 18.2 Å². The number of H-pyrrole nitrogens is 2. The highest BCUT2D eigenvalue weighted by molar-refractivity contribution is 6.09. The molecule has 2 aromatic carbocycles. The number of carbonyl (C=O) groups is 1. The Balaban J connectivity index is 1.93.